The van der Waals surface area contributed by atoms with Gasteiger partial charge in [-0.15, -0.1) is 10.2 Å². The maximum absolute atomic E-state index is 12.5. The molecule has 0 aliphatic carbocycles. The quantitative estimate of drug-likeness (QED) is 0.396. The van der Waals surface area contributed by atoms with Crippen LogP contribution in [0.4, 0.5) is 5.69 Å². The third-order valence-electron chi connectivity index (χ3n) is 5.05. The van der Waals surface area contributed by atoms with Crippen LogP contribution in [0.25, 0.3) is 11.7 Å². The normalized spacial score (nSPS) is 15.4. The standard InChI is InChI=1S/C20H19N5O3/c26-19(9-8-15-5-1-2-6-17(15)25(27)28)23-13-10-16(11-14-23)20-22-21-18-7-3-4-12-24(18)20/h1-9,12,16H,10-11,13-14H2. The van der Waals surface area contributed by atoms with E-state index in [4.69, 9.17) is 0 Å². The molecule has 0 unspecified atom stereocenters. The second-order valence-corrected chi connectivity index (χ2v) is 6.74. The van der Waals surface area contributed by atoms with Crippen LogP contribution in [-0.2, 0) is 4.79 Å². The number of fused-ring (bicyclic) bond motifs is 1. The summed E-state index contributed by atoms with van der Waals surface area (Å²) in [6.45, 7) is 1.24. The first-order valence-corrected chi connectivity index (χ1v) is 9.13. The van der Waals surface area contributed by atoms with Gasteiger partial charge < -0.3 is 4.90 Å². The van der Waals surface area contributed by atoms with Crippen LogP contribution in [0.1, 0.15) is 30.1 Å². The molecule has 0 atom stereocenters. The summed E-state index contributed by atoms with van der Waals surface area (Å²) in [5.74, 6) is 1.04. The molecule has 3 aromatic rings. The van der Waals surface area contributed by atoms with Crippen molar-refractivity contribution in [2.45, 2.75) is 18.8 Å². The lowest BCUT2D eigenvalue weighted by Gasteiger charge is -2.30. The van der Waals surface area contributed by atoms with Crippen molar-refractivity contribution in [3.63, 3.8) is 0 Å². The van der Waals surface area contributed by atoms with E-state index in [1.54, 1.807) is 23.1 Å². The molecule has 0 saturated carbocycles. The van der Waals surface area contributed by atoms with E-state index in [-0.39, 0.29) is 17.5 Å². The van der Waals surface area contributed by atoms with Crippen molar-refractivity contribution in [2.75, 3.05) is 13.1 Å². The van der Waals surface area contributed by atoms with Crippen LogP contribution in [0.5, 0.6) is 0 Å². The van der Waals surface area contributed by atoms with Gasteiger partial charge in [-0.05, 0) is 37.1 Å². The number of carbonyl (C=O) groups excluding carboxylic acids is 1. The molecule has 1 fully saturated rings. The first-order valence-electron chi connectivity index (χ1n) is 9.13. The first-order chi connectivity index (χ1) is 13.6. The molecule has 28 heavy (non-hydrogen) atoms. The van der Waals surface area contributed by atoms with E-state index >= 15 is 0 Å². The molecule has 142 valence electrons. The number of nitro groups is 1. The Kier molecular flexibility index (Phi) is 4.84. The molecule has 0 bridgehead atoms. The molecule has 1 aliphatic heterocycles. The fourth-order valence-electron chi connectivity index (χ4n) is 3.56. The van der Waals surface area contributed by atoms with Crippen molar-refractivity contribution in [3.05, 3.63) is 76.2 Å². The number of para-hydroxylation sites is 1. The van der Waals surface area contributed by atoms with E-state index in [9.17, 15) is 14.9 Å². The summed E-state index contributed by atoms with van der Waals surface area (Å²) in [6, 6.07) is 12.2. The van der Waals surface area contributed by atoms with Gasteiger partial charge in [0.25, 0.3) is 5.69 Å². The first kappa shape index (κ1) is 17.8. The molecule has 1 amide bonds. The number of benzene rings is 1. The number of hydrogen-bond acceptors (Lipinski definition) is 5. The molecule has 8 heteroatoms. The molecule has 8 nitrogen and oxygen atoms in total. The third-order valence-corrected chi connectivity index (χ3v) is 5.05. The van der Waals surface area contributed by atoms with E-state index in [2.05, 4.69) is 10.2 Å². The highest BCUT2D eigenvalue weighted by atomic mass is 16.6. The van der Waals surface area contributed by atoms with Crippen LogP contribution in [0.15, 0.2) is 54.7 Å². The monoisotopic (exact) mass is 377 g/mol. The SMILES string of the molecule is O=C(C=Cc1ccccc1[N+](=O)[O-])N1CCC(c2nnc3ccccn23)CC1. The fourth-order valence-corrected chi connectivity index (χ4v) is 3.56. The molecule has 0 radical (unpaired) electrons. The minimum absolute atomic E-state index is 0.0102. The second kappa shape index (κ2) is 7.59. The Bertz CT molecular complexity index is 1050. The van der Waals surface area contributed by atoms with Gasteiger partial charge >= 0.3 is 0 Å². The summed E-state index contributed by atoms with van der Waals surface area (Å²) in [5, 5.41) is 19.6. The smallest absolute Gasteiger partial charge is 0.276 e. The van der Waals surface area contributed by atoms with Crippen molar-refractivity contribution in [3.8, 4) is 0 Å². The van der Waals surface area contributed by atoms with Crippen LogP contribution in [-0.4, -0.2) is 43.4 Å². The summed E-state index contributed by atoms with van der Waals surface area (Å²) in [7, 11) is 0. The van der Waals surface area contributed by atoms with E-state index in [1.807, 2.05) is 28.8 Å². The number of piperidine rings is 1. The number of carbonyl (C=O) groups is 1. The summed E-state index contributed by atoms with van der Waals surface area (Å²) in [5.41, 5.74) is 1.23. The van der Waals surface area contributed by atoms with Crippen LogP contribution in [0.2, 0.25) is 0 Å². The Morgan fingerprint density at radius 3 is 2.64 bits per heavy atom. The minimum atomic E-state index is -0.446. The number of pyridine rings is 1. The van der Waals surface area contributed by atoms with Crippen molar-refractivity contribution < 1.29 is 9.72 Å². The van der Waals surface area contributed by atoms with Gasteiger partial charge in [0.15, 0.2) is 5.65 Å². The highest BCUT2D eigenvalue weighted by Crippen LogP contribution is 2.27. The molecule has 1 saturated heterocycles. The average molecular weight is 377 g/mol. The topological polar surface area (TPSA) is 93.6 Å². The van der Waals surface area contributed by atoms with Gasteiger partial charge in [-0.25, -0.2) is 0 Å². The number of amides is 1. The van der Waals surface area contributed by atoms with E-state index in [1.165, 1.54) is 18.2 Å². The Morgan fingerprint density at radius 2 is 1.86 bits per heavy atom. The number of nitrogens with zero attached hydrogens (tertiary/aromatic N) is 5. The number of likely N-dealkylation sites (tertiary alicyclic amines) is 1. The highest BCUT2D eigenvalue weighted by molar-refractivity contribution is 5.92. The minimum Gasteiger partial charge on any atom is -0.339 e. The predicted octanol–water partition coefficient (Wildman–Crippen LogP) is 3.06. The van der Waals surface area contributed by atoms with Crippen LogP contribution < -0.4 is 0 Å². The van der Waals surface area contributed by atoms with Crippen LogP contribution in [0.3, 0.4) is 0 Å². The van der Waals surface area contributed by atoms with Gasteiger partial charge in [0, 0.05) is 37.3 Å². The summed E-state index contributed by atoms with van der Waals surface area (Å²) in [4.78, 5) is 24.9. The largest absolute Gasteiger partial charge is 0.339 e. The van der Waals surface area contributed by atoms with Crippen molar-refractivity contribution in [2.24, 2.45) is 0 Å². The number of rotatable bonds is 4. The molecule has 1 aliphatic rings. The molecular formula is C20H19N5O3. The van der Waals surface area contributed by atoms with Gasteiger partial charge in [0.05, 0.1) is 10.5 Å². The summed E-state index contributed by atoms with van der Waals surface area (Å²) >= 11 is 0. The third kappa shape index (κ3) is 3.48. The Morgan fingerprint density at radius 1 is 1.11 bits per heavy atom. The lowest BCUT2D eigenvalue weighted by atomic mass is 9.96. The summed E-state index contributed by atoms with van der Waals surface area (Å²) < 4.78 is 2.00. The second-order valence-electron chi connectivity index (χ2n) is 6.74. The molecular weight excluding hydrogens is 358 g/mol. The molecule has 3 heterocycles. The van der Waals surface area contributed by atoms with E-state index < -0.39 is 4.92 Å². The van der Waals surface area contributed by atoms with Gasteiger partial charge in [-0.3, -0.25) is 19.3 Å². The van der Waals surface area contributed by atoms with Crippen molar-refractivity contribution in [1.82, 2.24) is 19.5 Å². The predicted molar refractivity (Wildman–Crippen MR) is 104 cm³/mol. The van der Waals surface area contributed by atoms with Crippen molar-refractivity contribution >= 4 is 23.3 Å². The van der Waals surface area contributed by atoms with Crippen molar-refractivity contribution in [1.29, 1.82) is 0 Å². The zero-order chi connectivity index (χ0) is 19.5. The molecule has 0 N–H and O–H groups in total. The zero-order valence-corrected chi connectivity index (χ0v) is 15.1. The highest BCUT2D eigenvalue weighted by Gasteiger charge is 2.26. The average Bonchev–Trinajstić information content (AvgIpc) is 3.16. The Labute approximate surface area is 161 Å². The number of aromatic nitrogens is 3. The van der Waals surface area contributed by atoms with E-state index in [0.717, 1.165) is 24.3 Å². The molecule has 2 aromatic heterocycles. The molecule has 1 aromatic carbocycles. The molecule has 4 rings (SSSR count). The van der Waals surface area contributed by atoms with Gasteiger partial charge in [0.2, 0.25) is 5.91 Å². The molecule has 0 spiro atoms. The van der Waals surface area contributed by atoms with Gasteiger partial charge in [-0.1, -0.05) is 18.2 Å². The Hall–Kier alpha value is -3.55. The summed E-state index contributed by atoms with van der Waals surface area (Å²) in [6.07, 6.45) is 6.49. The van der Waals surface area contributed by atoms with Gasteiger partial charge in [0.1, 0.15) is 5.82 Å². The lowest BCUT2D eigenvalue weighted by molar-refractivity contribution is -0.385. The zero-order valence-electron chi connectivity index (χ0n) is 15.1. The van der Waals surface area contributed by atoms with Gasteiger partial charge in [-0.2, -0.15) is 0 Å². The fraction of sp³-hybridized carbons (Fsp3) is 0.250. The maximum Gasteiger partial charge on any atom is 0.276 e. The van der Waals surface area contributed by atoms with E-state index in [0.29, 0.717) is 18.7 Å². The number of hydrogen-bond donors (Lipinski definition) is 0. The Balaban J connectivity index is 1.41. The van der Waals surface area contributed by atoms with Crippen LogP contribution in [0, 0.1) is 10.1 Å². The van der Waals surface area contributed by atoms with Crippen LogP contribution >= 0.6 is 0 Å². The maximum atomic E-state index is 12.5. The number of nitro benzene ring substituents is 1. The lowest BCUT2D eigenvalue weighted by Crippen LogP contribution is -2.37.